The van der Waals surface area contributed by atoms with Crippen LogP contribution in [0.4, 0.5) is 17.3 Å². The van der Waals surface area contributed by atoms with Crippen molar-refractivity contribution in [3.8, 4) is 17.7 Å². The number of nitriles is 1. The fourth-order valence-corrected chi connectivity index (χ4v) is 1.88. The highest BCUT2D eigenvalue weighted by Gasteiger charge is 2.13. The summed E-state index contributed by atoms with van der Waals surface area (Å²) in [5.74, 6) is 3.02. The van der Waals surface area contributed by atoms with Gasteiger partial charge in [-0.3, -0.25) is 5.32 Å². The summed E-state index contributed by atoms with van der Waals surface area (Å²) in [5, 5.41) is 14.2. The van der Waals surface area contributed by atoms with Crippen molar-refractivity contribution in [1.29, 1.82) is 5.26 Å². The topological polar surface area (TPSA) is 92.1 Å². The van der Waals surface area contributed by atoms with Gasteiger partial charge in [0.25, 0.3) is 0 Å². The van der Waals surface area contributed by atoms with Gasteiger partial charge in [0.15, 0.2) is 17.7 Å². The summed E-state index contributed by atoms with van der Waals surface area (Å²) >= 11 is 0. The van der Waals surface area contributed by atoms with E-state index in [9.17, 15) is 0 Å². The minimum absolute atomic E-state index is 0.238. The SMILES string of the molecule is Cc1nc(NC#N)cc(Nc2ccc3c(c2)OCO3)n1. The second kappa shape index (κ2) is 4.93. The van der Waals surface area contributed by atoms with E-state index in [1.807, 2.05) is 24.4 Å². The van der Waals surface area contributed by atoms with E-state index in [4.69, 9.17) is 14.7 Å². The van der Waals surface area contributed by atoms with Crippen molar-refractivity contribution in [2.75, 3.05) is 17.4 Å². The first-order valence-electron chi connectivity index (χ1n) is 5.92. The summed E-state index contributed by atoms with van der Waals surface area (Å²) in [7, 11) is 0. The van der Waals surface area contributed by atoms with Gasteiger partial charge in [0.1, 0.15) is 17.5 Å². The lowest BCUT2D eigenvalue weighted by Crippen LogP contribution is -2.00. The molecule has 1 aromatic carbocycles. The molecular formula is C13H11N5O2. The molecule has 0 bridgehead atoms. The first-order chi connectivity index (χ1) is 9.74. The third-order valence-corrected chi connectivity index (χ3v) is 2.67. The highest BCUT2D eigenvalue weighted by molar-refractivity contribution is 5.63. The molecule has 0 amide bonds. The number of aromatic nitrogens is 2. The Bertz CT molecular complexity index is 696. The van der Waals surface area contributed by atoms with Gasteiger partial charge in [-0.15, -0.1) is 0 Å². The lowest BCUT2D eigenvalue weighted by atomic mass is 10.3. The molecule has 3 rings (SSSR count). The smallest absolute Gasteiger partial charge is 0.231 e. The minimum atomic E-state index is 0.238. The van der Waals surface area contributed by atoms with Gasteiger partial charge in [-0.25, -0.2) is 9.97 Å². The second-order valence-electron chi connectivity index (χ2n) is 4.12. The van der Waals surface area contributed by atoms with Crippen LogP contribution in [0.1, 0.15) is 5.82 Å². The number of hydrogen-bond acceptors (Lipinski definition) is 7. The van der Waals surface area contributed by atoms with E-state index in [2.05, 4.69) is 20.6 Å². The van der Waals surface area contributed by atoms with E-state index in [0.29, 0.717) is 23.2 Å². The summed E-state index contributed by atoms with van der Waals surface area (Å²) < 4.78 is 10.6. The van der Waals surface area contributed by atoms with E-state index in [1.165, 1.54) is 0 Å². The van der Waals surface area contributed by atoms with Crippen molar-refractivity contribution >= 4 is 17.3 Å². The van der Waals surface area contributed by atoms with Gasteiger partial charge in [0.05, 0.1) is 0 Å². The van der Waals surface area contributed by atoms with Crippen molar-refractivity contribution in [2.24, 2.45) is 0 Å². The van der Waals surface area contributed by atoms with Gasteiger partial charge in [-0.2, -0.15) is 5.26 Å². The molecule has 0 radical (unpaired) electrons. The number of aryl methyl sites for hydroxylation is 1. The minimum Gasteiger partial charge on any atom is -0.454 e. The summed E-state index contributed by atoms with van der Waals surface area (Å²) in [4.78, 5) is 8.35. The Morgan fingerprint density at radius 1 is 1.15 bits per heavy atom. The third kappa shape index (κ3) is 2.40. The van der Waals surface area contributed by atoms with Crippen LogP contribution in [0, 0.1) is 18.4 Å². The Labute approximate surface area is 115 Å². The van der Waals surface area contributed by atoms with Crippen LogP contribution in [-0.2, 0) is 0 Å². The average Bonchev–Trinajstić information content (AvgIpc) is 2.85. The molecule has 0 aliphatic carbocycles. The third-order valence-electron chi connectivity index (χ3n) is 2.67. The highest BCUT2D eigenvalue weighted by atomic mass is 16.7. The number of fused-ring (bicyclic) bond motifs is 1. The Kier molecular flexibility index (Phi) is 2.97. The Morgan fingerprint density at radius 2 is 1.95 bits per heavy atom. The predicted molar refractivity (Wildman–Crippen MR) is 71.9 cm³/mol. The van der Waals surface area contributed by atoms with Gasteiger partial charge in [-0.05, 0) is 19.1 Å². The van der Waals surface area contributed by atoms with Crippen molar-refractivity contribution in [3.05, 3.63) is 30.1 Å². The Hall–Kier alpha value is -3.01. The van der Waals surface area contributed by atoms with E-state index >= 15 is 0 Å². The van der Waals surface area contributed by atoms with Crippen molar-refractivity contribution in [2.45, 2.75) is 6.92 Å². The lowest BCUT2D eigenvalue weighted by Gasteiger charge is -2.08. The molecule has 2 N–H and O–H groups in total. The second-order valence-corrected chi connectivity index (χ2v) is 4.12. The first kappa shape index (κ1) is 12.0. The van der Waals surface area contributed by atoms with E-state index in [1.54, 1.807) is 13.0 Å². The van der Waals surface area contributed by atoms with Gasteiger partial charge >= 0.3 is 0 Å². The summed E-state index contributed by atoms with van der Waals surface area (Å²) in [6.45, 7) is 2.00. The Balaban J connectivity index is 1.86. The predicted octanol–water partition coefficient (Wildman–Crippen LogP) is 2.15. The van der Waals surface area contributed by atoms with Crippen molar-refractivity contribution in [3.63, 3.8) is 0 Å². The maximum Gasteiger partial charge on any atom is 0.231 e. The summed E-state index contributed by atoms with van der Waals surface area (Å²) in [6, 6.07) is 7.17. The largest absolute Gasteiger partial charge is 0.454 e. The van der Waals surface area contributed by atoms with E-state index in [-0.39, 0.29) is 6.79 Å². The van der Waals surface area contributed by atoms with Crippen LogP contribution >= 0.6 is 0 Å². The number of nitrogens with zero attached hydrogens (tertiary/aromatic N) is 3. The molecule has 0 spiro atoms. The van der Waals surface area contributed by atoms with Crippen LogP contribution in [0.15, 0.2) is 24.3 Å². The van der Waals surface area contributed by atoms with Crippen molar-refractivity contribution in [1.82, 2.24) is 9.97 Å². The average molecular weight is 269 g/mol. The zero-order chi connectivity index (χ0) is 13.9. The number of nitrogens with one attached hydrogen (secondary N) is 2. The molecule has 0 atom stereocenters. The standard InChI is InChI=1S/C13H11N5O2/c1-8-16-12(15-6-14)5-13(17-8)18-9-2-3-10-11(4-9)20-7-19-10/h2-5H,7H2,1H3,(H2,15,16,17,18). The molecule has 7 nitrogen and oxygen atoms in total. The molecule has 7 heteroatoms. The van der Waals surface area contributed by atoms with Crippen LogP contribution in [0.2, 0.25) is 0 Å². The lowest BCUT2D eigenvalue weighted by molar-refractivity contribution is 0.174. The summed E-state index contributed by atoms with van der Waals surface area (Å²) in [6.07, 6.45) is 1.83. The molecule has 0 unspecified atom stereocenters. The number of ether oxygens (including phenoxy) is 2. The zero-order valence-corrected chi connectivity index (χ0v) is 10.7. The zero-order valence-electron chi connectivity index (χ0n) is 10.7. The van der Waals surface area contributed by atoms with Gasteiger partial charge < -0.3 is 14.8 Å². The maximum absolute atomic E-state index is 8.62. The molecule has 0 saturated heterocycles. The fraction of sp³-hybridized carbons (Fsp3) is 0.154. The molecule has 2 heterocycles. The molecule has 0 fully saturated rings. The molecule has 0 saturated carbocycles. The monoisotopic (exact) mass is 269 g/mol. The number of anilines is 3. The molecule has 1 aliphatic rings. The first-order valence-corrected chi connectivity index (χ1v) is 5.92. The van der Waals surface area contributed by atoms with E-state index < -0.39 is 0 Å². The Morgan fingerprint density at radius 3 is 2.80 bits per heavy atom. The van der Waals surface area contributed by atoms with E-state index in [0.717, 1.165) is 11.4 Å². The van der Waals surface area contributed by atoms with Gasteiger partial charge in [0.2, 0.25) is 6.79 Å². The number of rotatable bonds is 3. The molecule has 1 aliphatic heterocycles. The quantitative estimate of drug-likeness (QED) is 0.651. The van der Waals surface area contributed by atoms with Crippen LogP contribution in [-0.4, -0.2) is 16.8 Å². The normalized spacial score (nSPS) is 11.8. The molecule has 20 heavy (non-hydrogen) atoms. The molecule has 2 aromatic rings. The number of benzene rings is 1. The molecule has 100 valence electrons. The molecule has 1 aromatic heterocycles. The van der Waals surface area contributed by atoms with Gasteiger partial charge in [-0.1, -0.05) is 0 Å². The van der Waals surface area contributed by atoms with Crippen LogP contribution < -0.4 is 20.1 Å². The van der Waals surface area contributed by atoms with Crippen LogP contribution in [0.3, 0.4) is 0 Å². The fourth-order valence-electron chi connectivity index (χ4n) is 1.88. The van der Waals surface area contributed by atoms with Gasteiger partial charge in [0, 0.05) is 17.8 Å². The van der Waals surface area contributed by atoms with Crippen LogP contribution in [0.25, 0.3) is 0 Å². The maximum atomic E-state index is 8.62. The van der Waals surface area contributed by atoms with Crippen LogP contribution in [0.5, 0.6) is 11.5 Å². The summed E-state index contributed by atoms with van der Waals surface area (Å²) in [5.41, 5.74) is 0.815. The highest BCUT2D eigenvalue weighted by Crippen LogP contribution is 2.35. The van der Waals surface area contributed by atoms with Crippen molar-refractivity contribution < 1.29 is 9.47 Å². The molecular weight excluding hydrogens is 258 g/mol. The number of hydrogen-bond donors (Lipinski definition) is 2.